The molecule has 0 aromatic heterocycles. The van der Waals surface area contributed by atoms with Gasteiger partial charge in [-0.05, 0) is 13.3 Å². The summed E-state index contributed by atoms with van der Waals surface area (Å²) in [6, 6.07) is 0. The summed E-state index contributed by atoms with van der Waals surface area (Å²) in [6.45, 7) is 6.68. The van der Waals surface area contributed by atoms with Crippen LogP contribution < -0.4 is 5.73 Å². The van der Waals surface area contributed by atoms with Crippen LogP contribution in [-0.4, -0.2) is 61.5 Å². The van der Waals surface area contributed by atoms with Crippen molar-refractivity contribution in [2.45, 2.75) is 19.4 Å². The van der Waals surface area contributed by atoms with Crippen LogP contribution in [0.1, 0.15) is 13.3 Å². The molecular weight excluding hydrogens is 210 g/mol. The van der Waals surface area contributed by atoms with Gasteiger partial charge in [0, 0.05) is 32.8 Å². The highest BCUT2D eigenvalue weighted by molar-refractivity contribution is 5.84. The van der Waals surface area contributed by atoms with Crippen LogP contribution in [0.2, 0.25) is 0 Å². The Morgan fingerprint density at radius 3 is 3.19 bits per heavy atom. The first kappa shape index (κ1) is 13.2. The zero-order valence-electron chi connectivity index (χ0n) is 9.76. The van der Waals surface area contributed by atoms with Gasteiger partial charge in [-0.1, -0.05) is 5.16 Å². The Labute approximate surface area is 96.0 Å². The molecule has 0 aliphatic carbocycles. The molecule has 3 N–H and O–H groups in total. The van der Waals surface area contributed by atoms with Gasteiger partial charge in [-0.15, -0.1) is 0 Å². The van der Waals surface area contributed by atoms with Crippen LogP contribution in [0.5, 0.6) is 0 Å². The van der Waals surface area contributed by atoms with Crippen molar-refractivity contribution >= 4 is 5.84 Å². The molecule has 1 unspecified atom stereocenters. The number of morpholine rings is 1. The summed E-state index contributed by atoms with van der Waals surface area (Å²) in [5.41, 5.74) is 5.51. The van der Waals surface area contributed by atoms with Crippen molar-refractivity contribution in [1.29, 1.82) is 0 Å². The lowest BCUT2D eigenvalue weighted by Crippen LogP contribution is -2.48. The van der Waals surface area contributed by atoms with Crippen LogP contribution in [0, 0.1) is 0 Å². The second-order valence-electron chi connectivity index (χ2n) is 3.74. The average Bonchev–Trinajstić information content (AvgIpc) is 2.34. The lowest BCUT2D eigenvalue weighted by molar-refractivity contribution is 0.00135. The van der Waals surface area contributed by atoms with Gasteiger partial charge in [0.05, 0.1) is 6.61 Å². The highest BCUT2D eigenvalue weighted by atomic mass is 16.5. The van der Waals surface area contributed by atoms with Gasteiger partial charge >= 0.3 is 0 Å². The molecule has 1 aliphatic rings. The molecule has 1 fully saturated rings. The third kappa shape index (κ3) is 4.34. The van der Waals surface area contributed by atoms with Gasteiger partial charge in [-0.3, -0.25) is 4.90 Å². The molecular formula is C10H21N3O3. The summed E-state index contributed by atoms with van der Waals surface area (Å²) in [6.07, 6.45) is 0.711. The van der Waals surface area contributed by atoms with Crippen LogP contribution in [0.25, 0.3) is 0 Å². The molecule has 0 bridgehead atoms. The Kier molecular flexibility index (Phi) is 6.14. The number of rotatable bonds is 6. The summed E-state index contributed by atoms with van der Waals surface area (Å²) in [7, 11) is 0. The van der Waals surface area contributed by atoms with E-state index >= 15 is 0 Å². The van der Waals surface area contributed by atoms with Gasteiger partial charge < -0.3 is 20.4 Å². The summed E-state index contributed by atoms with van der Waals surface area (Å²) >= 11 is 0. The monoisotopic (exact) mass is 231 g/mol. The number of nitrogens with zero attached hydrogens (tertiary/aromatic N) is 2. The Hall–Kier alpha value is -0.850. The molecule has 0 amide bonds. The summed E-state index contributed by atoms with van der Waals surface area (Å²) in [5, 5.41) is 11.5. The smallest absolute Gasteiger partial charge is 0.169 e. The van der Waals surface area contributed by atoms with Crippen molar-refractivity contribution in [2.24, 2.45) is 10.9 Å². The van der Waals surface area contributed by atoms with E-state index in [0.29, 0.717) is 13.2 Å². The van der Waals surface area contributed by atoms with Gasteiger partial charge in [0.25, 0.3) is 0 Å². The van der Waals surface area contributed by atoms with E-state index in [0.717, 1.165) is 32.7 Å². The van der Waals surface area contributed by atoms with Gasteiger partial charge in [0.1, 0.15) is 6.10 Å². The number of ether oxygens (including phenoxy) is 2. The second kappa shape index (κ2) is 7.43. The van der Waals surface area contributed by atoms with Crippen LogP contribution >= 0.6 is 0 Å². The molecule has 0 radical (unpaired) electrons. The van der Waals surface area contributed by atoms with Crippen molar-refractivity contribution in [1.82, 2.24) is 4.90 Å². The van der Waals surface area contributed by atoms with Gasteiger partial charge in [-0.25, -0.2) is 0 Å². The van der Waals surface area contributed by atoms with E-state index in [1.165, 1.54) is 0 Å². The molecule has 0 spiro atoms. The van der Waals surface area contributed by atoms with E-state index in [9.17, 15) is 0 Å². The normalized spacial score (nSPS) is 23.6. The number of oxime groups is 1. The quantitative estimate of drug-likeness (QED) is 0.219. The minimum Gasteiger partial charge on any atom is -0.409 e. The maximum absolute atomic E-state index is 8.56. The largest absolute Gasteiger partial charge is 0.409 e. The molecule has 1 atom stereocenters. The first-order valence-electron chi connectivity index (χ1n) is 5.67. The molecule has 16 heavy (non-hydrogen) atoms. The van der Waals surface area contributed by atoms with Crippen molar-refractivity contribution in [3.05, 3.63) is 0 Å². The van der Waals surface area contributed by atoms with Crippen LogP contribution in [0.4, 0.5) is 0 Å². The molecule has 1 rings (SSSR count). The fraction of sp³-hybridized carbons (Fsp3) is 0.900. The van der Waals surface area contributed by atoms with E-state index in [2.05, 4.69) is 10.1 Å². The van der Waals surface area contributed by atoms with Crippen molar-refractivity contribution < 1.29 is 14.7 Å². The standard InChI is InChI=1S/C10H21N3O3/c1-2-15-6-3-4-13-5-7-16-9(8-13)10(11)12-14/h9,14H,2-8H2,1H3,(H2,11,12). The molecule has 94 valence electrons. The predicted molar refractivity (Wildman–Crippen MR) is 60.7 cm³/mol. The topological polar surface area (TPSA) is 80.3 Å². The lowest BCUT2D eigenvalue weighted by Gasteiger charge is -2.32. The van der Waals surface area contributed by atoms with Crippen molar-refractivity contribution in [3.8, 4) is 0 Å². The van der Waals surface area contributed by atoms with E-state index in [4.69, 9.17) is 20.4 Å². The SMILES string of the molecule is CCOCCCN1CCOC(C(N)=NO)C1. The molecule has 1 aliphatic heterocycles. The number of nitrogens with two attached hydrogens (primary N) is 1. The van der Waals surface area contributed by atoms with Crippen LogP contribution in [0.3, 0.4) is 0 Å². The zero-order valence-corrected chi connectivity index (χ0v) is 9.76. The molecule has 6 nitrogen and oxygen atoms in total. The second-order valence-corrected chi connectivity index (χ2v) is 3.74. The Bertz CT molecular complexity index is 223. The predicted octanol–water partition coefficient (Wildman–Crippen LogP) is -0.140. The van der Waals surface area contributed by atoms with E-state index in [-0.39, 0.29) is 11.9 Å². The van der Waals surface area contributed by atoms with Gasteiger partial charge in [0.2, 0.25) is 0 Å². The summed E-state index contributed by atoms with van der Waals surface area (Å²) in [5.74, 6) is 0.148. The van der Waals surface area contributed by atoms with Crippen molar-refractivity contribution in [3.63, 3.8) is 0 Å². The maximum Gasteiger partial charge on any atom is 0.169 e. The van der Waals surface area contributed by atoms with E-state index in [1.54, 1.807) is 0 Å². The molecule has 1 saturated heterocycles. The number of hydrogen-bond acceptors (Lipinski definition) is 5. The first-order valence-corrected chi connectivity index (χ1v) is 5.67. The summed E-state index contributed by atoms with van der Waals surface area (Å²) < 4.78 is 10.7. The minimum absolute atomic E-state index is 0.148. The van der Waals surface area contributed by atoms with Gasteiger partial charge in [-0.2, -0.15) is 0 Å². The first-order chi connectivity index (χ1) is 7.77. The fourth-order valence-corrected chi connectivity index (χ4v) is 1.68. The molecule has 6 heteroatoms. The zero-order chi connectivity index (χ0) is 11.8. The van der Waals surface area contributed by atoms with Gasteiger partial charge in [0.15, 0.2) is 5.84 Å². The summed E-state index contributed by atoms with van der Waals surface area (Å²) in [4.78, 5) is 2.24. The highest BCUT2D eigenvalue weighted by Gasteiger charge is 2.23. The molecule has 0 aromatic rings. The Morgan fingerprint density at radius 1 is 1.69 bits per heavy atom. The highest BCUT2D eigenvalue weighted by Crippen LogP contribution is 2.06. The molecule has 1 heterocycles. The van der Waals surface area contributed by atoms with Crippen LogP contribution in [0.15, 0.2) is 5.16 Å². The average molecular weight is 231 g/mol. The lowest BCUT2D eigenvalue weighted by atomic mass is 10.2. The van der Waals surface area contributed by atoms with Crippen molar-refractivity contribution in [2.75, 3.05) is 39.5 Å². The Balaban J connectivity index is 2.22. The van der Waals surface area contributed by atoms with E-state index in [1.807, 2.05) is 6.92 Å². The third-order valence-electron chi connectivity index (χ3n) is 2.56. The Morgan fingerprint density at radius 2 is 2.50 bits per heavy atom. The molecule has 0 aromatic carbocycles. The fourth-order valence-electron chi connectivity index (χ4n) is 1.68. The minimum atomic E-state index is -0.286. The molecule has 0 saturated carbocycles. The maximum atomic E-state index is 8.56. The van der Waals surface area contributed by atoms with E-state index < -0.39 is 0 Å². The van der Waals surface area contributed by atoms with Crippen LogP contribution in [-0.2, 0) is 9.47 Å². The number of hydrogen-bond donors (Lipinski definition) is 2. The third-order valence-corrected chi connectivity index (χ3v) is 2.56. The number of amidine groups is 1.